The Bertz CT molecular complexity index is 1580. The molecular weight excluding hydrogens is 456 g/mol. The van der Waals surface area contributed by atoms with Crippen molar-refractivity contribution in [1.82, 2.24) is 4.98 Å². The van der Waals surface area contributed by atoms with Gasteiger partial charge in [-0.2, -0.15) is 0 Å². The molecule has 0 aliphatic carbocycles. The van der Waals surface area contributed by atoms with Crippen LogP contribution < -0.4 is 10.6 Å². The van der Waals surface area contributed by atoms with E-state index >= 15 is 0 Å². The van der Waals surface area contributed by atoms with Crippen LogP contribution in [0.1, 0.15) is 31.9 Å². The highest BCUT2D eigenvalue weighted by Gasteiger charge is 2.10. The molecule has 0 aliphatic rings. The van der Waals surface area contributed by atoms with Gasteiger partial charge in [0.05, 0.1) is 4.88 Å². The molecule has 0 radical (unpaired) electrons. The molecule has 4 N–H and O–H groups in total. The van der Waals surface area contributed by atoms with Crippen LogP contribution in [-0.4, -0.2) is 16.0 Å². The summed E-state index contributed by atoms with van der Waals surface area (Å²) in [7, 11) is 0. The molecule has 0 spiro atoms. The number of carbonyl (C=O) groups excluding carboxylic acids is 1. The van der Waals surface area contributed by atoms with Gasteiger partial charge >= 0.3 is 4.87 Å². The number of thiazole rings is 1. The average Bonchev–Trinajstić information content (AvgIpc) is 3.19. The zero-order valence-electron chi connectivity index (χ0n) is 19.0. The van der Waals surface area contributed by atoms with E-state index in [0.29, 0.717) is 16.9 Å². The van der Waals surface area contributed by atoms with Gasteiger partial charge in [0.1, 0.15) is 0 Å². The van der Waals surface area contributed by atoms with Crippen LogP contribution in [-0.2, 0) is 19.3 Å². The van der Waals surface area contributed by atoms with Crippen molar-refractivity contribution in [3.8, 4) is 17.0 Å². The Hall–Kier alpha value is -4.16. The number of hydrogen-bond donors (Lipinski definition) is 3. The van der Waals surface area contributed by atoms with E-state index in [2.05, 4.69) is 47.4 Å². The summed E-state index contributed by atoms with van der Waals surface area (Å²) in [6.45, 7) is 0. The number of rotatable bonds is 7. The van der Waals surface area contributed by atoms with Gasteiger partial charge in [-0.15, -0.1) is 0 Å². The summed E-state index contributed by atoms with van der Waals surface area (Å²) < 4.78 is 0. The Morgan fingerprint density at radius 3 is 2.31 bits per heavy atom. The van der Waals surface area contributed by atoms with E-state index in [-0.39, 0.29) is 10.8 Å². The van der Waals surface area contributed by atoms with E-state index in [1.807, 2.05) is 36.4 Å². The molecule has 0 unspecified atom stereocenters. The Kier molecular flexibility index (Phi) is 6.21. The second-order valence-electron chi connectivity index (χ2n) is 8.54. The molecule has 0 atom stereocenters. The number of H-pyrrole nitrogens is 1. The van der Waals surface area contributed by atoms with Crippen molar-refractivity contribution in [2.24, 2.45) is 5.73 Å². The standard InChI is InChI=1S/C29H24N2O3S/c30-27(32)25-9-3-7-23-21(5-2-8-24(23)25)15-12-18-4-1-6-22(16-18)20-13-10-19(11-14-20)17-26-28(33)31-29(34)35-26/h1-11,13-14,16,33H,12,15,17H2,(H2,30,32)(H,31,34). The molecule has 174 valence electrons. The normalized spacial score (nSPS) is 11.1. The van der Waals surface area contributed by atoms with Crippen molar-refractivity contribution in [3.05, 3.63) is 122 Å². The molecule has 4 aromatic carbocycles. The molecule has 0 aliphatic heterocycles. The topological polar surface area (TPSA) is 96.2 Å². The number of benzene rings is 4. The first-order chi connectivity index (χ1) is 17.0. The van der Waals surface area contributed by atoms with Crippen LogP contribution in [0.15, 0.2) is 89.7 Å². The van der Waals surface area contributed by atoms with Gasteiger partial charge in [-0.1, -0.05) is 90.2 Å². The van der Waals surface area contributed by atoms with Crippen LogP contribution in [0.2, 0.25) is 0 Å². The number of aromatic hydroxyl groups is 1. The Morgan fingerprint density at radius 1 is 0.829 bits per heavy atom. The lowest BCUT2D eigenvalue weighted by molar-refractivity contribution is 0.100. The minimum atomic E-state index is -0.410. The third-order valence-corrected chi connectivity index (χ3v) is 7.11. The predicted molar refractivity (Wildman–Crippen MR) is 141 cm³/mol. The van der Waals surface area contributed by atoms with Gasteiger partial charge in [0.25, 0.3) is 0 Å². The molecule has 1 aromatic heterocycles. The van der Waals surface area contributed by atoms with E-state index in [1.54, 1.807) is 6.07 Å². The molecule has 0 bridgehead atoms. The van der Waals surface area contributed by atoms with Crippen molar-refractivity contribution in [3.63, 3.8) is 0 Å². The molecule has 0 saturated heterocycles. The molecule has 35 heavy (non-hydrogen) atoms. The Labute approximate surface area is 206 Å². The monoisotopic (exact) mass is 480 g/mol. The number of aromatic nitrogens is 1. The van der Waals surface area contributed by atoms with Gasteiger partial charge < -0.3 is 10.8 Å². The number of amides is 1. The lowest BCUT2D eigenvalue weighted by Crippen LogP contribution is -2.11. The Balaban J connectivity index is 1.33. The zero-order valence-corrected chi connectivity index (χ0v) is 19.8. The molecule has 1 heterocycles. The number of aryl methyl sites for hydroxylation is 2. The summed E-state index contributed by atoms with van der Waals surface area (Å²) in [5.41, 5.74) is 11.8. The summed E-state index contributed by atoms with van der Waals surface area (Å²) in [4.78, 5) is 26.0. The van der Waals surface area contributed by atoms with Crippen molar-refractivity contribution in [1.29, 1.82) is 0 Å². The number of aromatic amines is 1. The first kappa shape index (κ1) is 22.6. The molecule has 0 fully saturated rings. The number of primary amides is 1. The number of hydrogen-bond acceptors (Lipinski definition) is 4. The molecule has 0 saturated carbocycles. The van der Waals surface area contributed by atoms with Gasteiger partial charge in [-0.25, -0.2) is 0 Å². The Morgan fingerprint density at radius 2 is 1.57 bits per heavy atom. The van der Waals surface area contributed by atoms with Crippen molar-refractivity contribution >= 4 is 28.0 Å². The van der Waals surface area contributed by atoms with Crippen LogP contribution in [0, 0.1) is 0 Å². The van der Waals surface area contributed by atoms with Crippen LogP contribution in [0.5, 0.6) is 5.88 Å². The van der Waals surface area contributed by atoms with Crippen LogP contribution in [0.4, 0.5) is 0 Å². The average molecular weight is 481 g/mol. The second-order valence-corrected chi connectivity index (χ2v) is 9.61. The first-order valence-corrected chi connectivity index (χ1v) is 12.2. The van der Waals surface area contributed by atoms with Gasteiger partial charge in [0.2, 0.25) is 11.8 Å². The van der Waals surface area contributed by atoms with Gasteiger partial charge in [-0.05, 0) is 57.5 Å². The summed E-state index contributed by atoms with van der Waals surface area (Å²) in [6, 6.07) is 28.4. The van der Waals surface area contributed by atoms with E-state index in [9.17, 15) is 14.7 Å². The lowest BCUT2D eigenvalue weighted by Gasteiger charge is -2.10. The summed E-state index contributed by atoms with van der Waals surface area (Å²) in [5, 5.41) is 11.8. The quantitative estimate of drug-likeness (QED) is 0.289. The maximum absolute atomic E-state index is 11.8. The van der Waals surface area contributed by atoms with E-state index in [1.165, 1.54) is 11.1 Å². The third kappa shape index (κ3) is 4.88. The van der Waals surface area contributed by atoms with E-state index < -0.39 is 5.91 Å². The van der Waals surface area contributed by atoms with E-state index in [4.69, 9.17) is 5.73 Å². The van der Waals surface area contributed by atoms with Crippen molar-refractivity contribution in [2.45, 2.75) is 19.3 Å². The molecule has 5 aromatic rings. The summed E-state index contributed by atoms with van der Waals surface area (Å²) >= 11 is 1.03. The molecule has 6 heteroatoms. The van der Waals surface area contributed by atoms with Crippen molar-refractivity contribution < 1.29 is 9.90 Å². The van der Waals surface area contributed by atoms with Crippen LogP contribution in [0.25, 0.3) is 21.9 Å². The fourth-order valence-electron chi connectivity index (χ4n) is 4.47. The summed E-state index contributed by atoms with van der Waals surface area (Å²) in [6.07, 6.45) is 2.24. The third-order valence-electron chi connectivity index (χ3n) is 6.24. The maximum atomic E-state index is 11.8. The zero-order chi connectivity index (χ0) is 24.4. The highest BCUT2D eigenvalue weighted by Crippen LogP contribution is 2.26. The second kappa shape index (κ2) is 9.60. The number of fused-ring (bicyclic) bond motifs is 1. The first-order valence-electron chi connectivity index (χ1n) is 11.4. The van der Waals surface area contributed by atoms with Crippen molar-refractivity contribution in [2.75, 3.05) is 0 Å². The largest absolute Gasteiger partial charge is 0.494 e. The number of carbonyl (C=O) groups is 1. The maximum Gasteiger partial charge on any atom is 0.307 e. The molecular formula is C29H24N2O3S. The van der Waals surface area contributed by atoms with Gasteiger partial charge in [0.15, 0.2) is 0 Å². The minimum absolute atomic E-state index is 0.0474. The van der Waals surface area contributed by atoms with Gasteiger partial charge in [0, 0.05) is 12.0 Å². The van der Waals surface area contributed by atoms with E-state index in [0.717, 1.165) is 51.6 Å². The summed E-state index contributed by atoms with van der Waals surface area (Å²) in [5.74, 6) is -0.457. The fourth-order valence-corrected chi connectivity index (χ4v) is 5.22. The predicted octanol–water partition coefficient (Wildman–Crippen LogP) is 5.44. The highest BCUT2D eigenvalue weighted by atomic mass is 32.1. The molecule has 5 rings (SSSR count). The minimum Gasteiger partial charge on any atom is -0.494 e. The number of nitrogens with one attached hydrogen (secondary N) is 1. The van der Waals surface area contributed by atoms with Gasteiger partial charge in [-0.3, -0.25) is 14.6 Å². The molecule has 5 nitrogen and oxygen atoms in total. The number of nitrogens with two attached hydrogens (primary N) is 1. The highest BCUT2D eigenvalue weighted by molar-refractivity contribution is 7.09. The molecule has 1 amide bonds. The van der Waals surface area contributed by atoms with Crippen LogP contribution >= 0.6 is 11.3 Å². The lowest BCUT2D eigenvalue weighted by atomic mass is 9.94. The van der Waals surface area contributed by atoms with Crippen LogP contribution in [0.3, 0.4) is 0 Å². The smallest absolute Gasteiger partial charge is 0.307 e. The fraction of sp³-hybridized carbons (Fsp3) is 0.103. The SMILES string of the molecule is NC(=O)c1cccc2c(CCc3cccc(-c4ccc(Cc5sc(=O)[nH]c5O)cc4)c3)cccc12.